The van der Waals surface area contributed by atoms with E-state index in [9.17, 15) is 8.42 Å². The van der Waals surface area contributed by atoms with Gasteiger partial charge < -0.3 is 4.42 Å². The average molecular weight is 329 g/mol. The van der Waals surface area contributed by atoms with Gasteiger partial charge in [0.1, 0.15) is 5.76 Å². The van der Waals surface area contributed by atoms with Gasteiger partial charge in [0.15, 0.2) is 0 Å². The number of aryl methyl sites for hydroxylation is 1. The van der Waals surface area contributed by atoms with Gasteiger partial charge >= 0.3 is 0 Å². The number of hydrogen-bond acceptors (Lipinski definition) is 3. The highest BCUT2D eigenvalue weighted by Gasteiger charge is 2.32. The molecule has 0 bridgehead atoms. The highest BCUT2D eigenvalue weighted by molar-refractivity contribution is 7.89. The molecule has 0 N–H and O–H groups in total. The van der Waals surface area contributed by atoms with Crippen LogP contribution in [-0.4, -0.2) is 19.3 Å². The van der Waals surface area contributed by atoms with Crippen LogP contribution in [0.3, 0.4) is 0 Å². The summed E-state index contributed by atoms with van der Waals surface area (Å²) in [4.78, 5) is 0.207. The summed E-state index contributed by atoms with van der Waals surface area (Å²) in [5, 5.41) is 0. The monoisotopic (exact) mass is 329 g/mol. The number of furan rings is 1. The molecule has 1 heterocycles. The Bertz CT molecular complexity index is 784. The van der Waals surface area contributed by atoms with E-state index < -0.39 is 16.1 Å². The third-order valence-corrected chi connectivity index (χ3v) is 5.35. The lowest BCUT2D eigenvalue weighted by Gasteiger charge is -2.27. The lowest BCUT2D eigenvalue weighted by molar-refractivity contribution is 0.305. The number of hydrogen-bond donors (Lipinski definition) is 0. The molecule has 0 aliphatic rings. The molecule has 0 fully saturated rings. The summed E-state index contributed by atoms with van der Waals surface area (Å²) in [6.45, 7) is 5.56. The Kier molecular flexibility index (Phi) is 5.43. The van der Waals surface area contributed by atoms with Crippen molar-refractivity contribution in [2.75, 3.05) is 6.54 Å². The maximum absolute atomic E-state index is 13.0. The highest BCUT2D eigenvalue weighted by atomic mass is 32.2. The number of benzene rings is 1. The van der Waals surface area contributed by atoms with Crippen molar-refractivity contribution in [3.8, 4) is 12.3 Å². The predicted molar refractivity (Wildman–Crippen MR) is 90.2 cm³/mol. The topological polar surface area (TPSA) is 50.5 Å². The van der Waals surface area contributed by atoms with Crippen molar-refractivity contribution in [2.45, 2.75) is 24.3 Å². The van der Waals surface area contributed by atoms with Gasteiger partial charge in [-0.3, -0.25) is 0 Å². The normalized spacial score (nSPS) is 12.7. The molecule has 4 nitrogen and oxygen atoms in total. The van der Waals surface area contributed by atoms with Gasteiger partial charge in [0.25, 0.3) is 0 Å². The van der Waals surface area contributed by atoms with Gasteiger partial charge in [-0.1, -0.05) is 29.7 Å². The zero-order valence-electron chi connectivity index (χ0n) is 13.0. The molecule has 23 heavy (non-hydrogen) atoms. The number of sulfonamides is 1. The van der Waals surface area contributed by atoms with E-state index in [4.69, 9.17) is 10.8 Å². The Morgan fingerprint density at radius 1 is 1.35 bits per heavy atom. The molecule has 0 amide bonds. The maximum atomic E-state index is 13.0. The van der Waals surface area contributed by atoms with Gasteiger partial charge in [-0.2, -0.15) is 4.31 Å². The zero-order chi connectivity index (χ0) is 16.9. The summed E-state index contributed by atoms with van der Waals surface area (Å²) >= 11 is 0. The first-order chi connectivity index (χ1) is 11.0. The van der Waals surface area contributed by atoms with Gasteiger partial charge in [0.05, 0.1) is 23.7 Å². The minimum atomic E-state index is -3.74. The fourth-order valence-electron chi connectivity index (χ4n) is 2.31. The molecule has 0 saturated carbocycles. The quantitative estimate of drug-likeness (QED) is 0.577. The van der Waals surface area contributed by atoms with E-state index in [0.29, 0.717) is 12.2 Å². The van der Waals surface area contributed by atoms with E-state index in [1.165, 1.54) is 10.6 Å². The van der Waals surface area contributed by atoms with E-state index in [2.05, 4.69) is 12.5 Å². The second-order valence-corrected chi connectivity index (χ2v) is 7.01. The Morgan fingerprint density at radius 2 is 2.04 bits per heavy atom. The van der Waals surface area contributed by atoms with Crippen LogP contribution in [0.15, 0.2) is 64.6 Å². The van der Waals surface area contributed by atoms with E-state index in [0.717, 1.165) is 5.56 Å². The molecular weight excluding hydrogens is 310 g/mol. The lowest BCUT2D eigenvalue weighted by atomic mass is 10.1. The van der Waals surface area contributed by atoms with Crippen LogP contribution in [0.25, 0.3) is 0 Å². The Balaban J connectivity index is 2.49. The van der Waals surface area contributed by atoms with E-state index in [1.54, 1.807) is 42.5 Å². The summed E-state index contributed by atoms with van der Waals surface area (Å²) in [6, 6.07) is 9.63. The number of terminal acetylenes is 1. The van der Waals surface area contributed by atoms with E-state index in [-0.39, 0.29) is 11.4 Å². The molecule has 5 heteroatoms. The average Bonchev–Trinajstić information content (AvgIpc) is 3.05. The maximum Gasteiger partial charge on any atom is 0.244 e. The SMILES string of the molecule is C#CCN([C@H](CC=C)c1ccco1)S(=O)(=O)c1ccc(C)cc1. The van der Waals surface area contributed by atoms with Crippen LogP contribution in [0, 0.1) is 19.3 Å². The summed E-state index contributed by atoms with van der Waals surface area (Å²) < 4.78 is 32.7. The minimum Gasteiger partial charge on any atom is -0.468 e. The van der Waals surface area contributed by atoms with Crippen LogP contribution < -0.4 is 0 Å². The van der Waals surface area contributed by atoms with Crippen molar-refractivity contribution < 1.29 is 12.8 Å². The zero-order valence-corrected chi connectivity index (χ0v) is 13.8. The Labute approximate surface area is 137 Å². The first-order valence-electron chi connectivity index (χ1n) is 7.17. The lowest BCUT2D eigenvalue weighted by Crippen LogP contribution is -2.35. The molecule has 2 rings (SSSR count). The smallest absolute Gasteiger partial charge is 0.244 e. The van der Waals surface area contributed by atoms with Crippen LogP contribution in [0.1, 0.15) is 23.8 Å². The van der Waals surface area contributed by atoms with Gasteiger partial charge in [-0.05, 0) is 37.6 Å². The van der Waals surface area contributed by atoms with Crippen molar-refractivity contribution in [2.24, 2.45) is 0 Å². The fourth-order valence-corrected chi connectivity index (χ4v) is 3.83. The largest absolute Gasteiger partial charge is 0.468 e. The van der Waals surface area contributed by atoms with Gasteiger partial charge in [-0.25, -0.2) is 8.42 Å². The Hall–Kier alpha value is -2.29. The molecule has 0 unspecified atom stereocenters. The third kappa shape index (κ3) is 3.73. The number of nitrogens with zero attached hydrogens (tertiary/aromatic N) is 1. The summed E-state index contributed by atoms with van der Waals surface area (Å²) in [6.07, 6.45) is 8.97. The second kappa shape index (κ2) is 7.32. The fraction of sp³-hybridized carbons (Fsp3) is 0.222. The van der Waals surface area contributed by atoms with Crippen LogP contribution in [0.2, 0.25) is 0 Å². The van der Waals surface area contributed by atoms with Crippen LogP contribution in [0.4, 0.5) is 0 Å². The molecule has 1 aromatic carbocycles. The molecule has 0 spiro atoms. The molecule has 120 valence electrons. The molecule has 1 atom stereocenters. The molecule has 0 saturated heterocycles. The van der Waals surface area contributed by atoms with Gasteiger partial charge in [0, 0.05) is 0 Å². The van der Waals surface area contributed by atoms with Crippen molar-refractivity contribution in [1.82, 2.24) is 4.31 Å². The summed E-state index contributed by atoms with van der Waals surface area (Å²) in [5.74, 6) is 2.96. The summed E-state index contributed by atoms with van der Waals surface area (Å²) in [5.41, 5.74) is 0.987. The standard InChI is InChI=1S/C18H19NO3S/c1-4-7-17(18-8-6-14-22-18)19(13-5-2)23(20,21)16-11-9-15(3)10-12-16/h2,4,6,8-12,14,17H,1,7,13H2,3H3/t17-/m1/s1. The van der Waals surface area contributed by atoms with E-state index >= 15 is 0 Å². The van der Waals surface area contributed by atoms with Gasteiger partial charge in [-0.15, -0.1) is 13.0 Å². The Morgan fingerprint density at radius 3 is 2.57 bits per heavy atom. The van der Waals surface area contributed by atoms with Crippen molar-refractivity contribution in [3.63, 3.8) is 0 Å². The first-order valence-corrected chi connectivity index (χ1v) is 8.61. The third-order valence-electron chi connectivity index (χ3n) is 3.48. The van der Waals surface area contributed by atoms with Gasteiger partial charge in [0.2, 0.25) is 10.0 Å². The summed E-state index contributed by atoms with van der Waals surface area (Å²) in [7, 11) is -3.74. The molecule has 0 radical (unpaired) electrons. The molecule has 2 aromatic rings. The minimum absolute atomic E-state index is 0.0462. The molecule has 1 aromatic heterocycles. The second-order valence-electron chi connectivity index (χ2n) is 5.12. The van der Waals surface area contributed by atoms with Crippen LogP contribution >= 0.6 is 0 Å². The van der Waals surface area contributed by atoms with Crippen LogP contribution in [0.5, 0.6) is 0 Å². The predicted octanol–water partition coefficient (Wildman–Crippen LogP) is 3.53. The first kappa shape index (κ1) is 17.1. The molecular formula is C18H19NO3S. The number of rotatable bonds is 7. The molecule has 0 aliphatic heterocycles. The van der Waals surface area contributed by atoms with Crippen molar-refractivity contribution in [3.05, 3.63) is 66.6 Å². The van der Waals surface area contributed by atoms with Crippen molar-refractivity contribution >= 4 is 10.0 Å². The highest BCUT2D eigenvalue weighted by Crippen LogP contribution is 2.30. The van der Waals surface area contributed by atoms with Crippen molar-refractivity contribution in [1.29, 1.82) is 0 Å². The van der Waals surface area contributed by atoms with Crippen LogP contribution in [-0.2, 0) is 10.0 Å². The molecule has 0 aliphatic carbocycles. The van der Waals surface area contributed by atoms with E-state index in [1.807, 2.05) is 6.92 Å².